The molecule has 1 aromatic heterocycles. The average Bonchev–Trinajstić information content (AvgIpc) is 2.76. The van der Waals surface area contributed by atoms with E-state index in [2.05, 4.69) is 14.9 Å². The van der Waals surface area contributed by atoms with Crippen molar-refractivity contribution in [1.29, 1.82) is 0 Å². The monoisotopic (exact) mass is 277 g/mol. The van der Waals surface area contributed by atoms with Gasteiger partial charge in [-0.15, -0.1) is 0 Å². The summed E-state index contributed by atoms with van der Waals surface area (Å²) in [6.45, 7) is 5.35. The normalized spacial score (nSPS) is 25.2. The molecule has 2 aliphatic heterocycles. The van der Waals surface area contributed by atoms with E-state index < -0.39 is 5.97 Å². The van der Waals surface area contributed by atoms with Gasteiger partial charge in [-0.3, -0.25) is 0 Å². The fraction of sp³-hybridized carbons (Fsp3) is 0.643. The second-order valence-electron chi connectivity index (χ2n) is 5.78. The van der Waals surface area contributed by atoms with Crippen LogP contribution in [0.25, 0.3) is 0 Å². The van der Waals surface area contributed by atoms with Crippen molar-refractivity contribution in [3.8, 4) is 0 Å². The fourth-order valence-electron chi connectivity index (χ4n) is 2.87. The third-order valence-corrected chi connectivity index (χ3v) is 3.89. The molecule has 3 rings (SSSR count). The summed E-state index contributed by atoms with van der Waals surface area (Å²) in [5.74, 6) is -0.312. The number of carboxylic acid groups (broad SMARTS) is 1. The average molecular weight is 277 g/mol. The van der Waals surface area contributed by atoms with Crippen LogP contribution in [0.5, 0.6) is 0 Å². The number of carbonyl (C=O) groups is 1. The van der Waals surface area contributed by atoms with E-state index in [1.807, 2.05) is 13.8 Å². The van der Waals surface area contributed by atoms with Crippen LogP contribution >= 0.6 is 0 Å². The Bertz CT molecular complexity index is 520. The first-order chi connectivity index (χ1) is 9.54. The van der Waals surface area contributed by atoms with Gasteiger partial charge in [0.1, 0.15) is 5.82 Å². The Balaban J connectivity index is 1.94. The summed E-state index contributed by atoms with van der Waals surface area (Å²) in [5.41, 5.74) is 0.715. The van der Waals surface area contributed by atoms with Crippen molar-refractivity contribution in [2.24, 2.45) is 0 Å². The van der Waals surface area contributed by atoms with Crippen LogP contribution < -0.4 is 4.90 Å². The fourth-order valence-corrected chi connectivity index (χ4v) is 2.87. The van der Waals surface area contributed by atoms with E-state index in [4.69, 9.17) is 4.74 Å². The van der Waals surface area contributed by atoms with Crippen LogP contribution in [0.1, 0.15) is 48.9 Å². The van der Waals surface area contributed by atoms with Gasteiger partial charge in [0.05, 0.1) is 24.1 Å². The number of hydrogen-bond donors (Lipinski definition) is 1. The van der Waals surface area contributed by atoms with E-state index in [1.165, 1.54) is 0 Å². The summed E-state index contributed by atoms with van der Waals surface area (Å²) >= 11 is 0. The van der Waals surface area contributed by atoms with Crippen molar-refractivity contribution in [1.82, 2.24) is 9.97 Å². The highest BCUT2D eigenvalue weighted by atomic mass is 16.5. The van der Waals surface area contributed by atoms with Crippen molar-refractivity contribution in [2.45, 2.75) is 44.8 Å². The maximum atomic E-state index is 11.5. The number of nitrogens with zero attached hydrogens (tertiary/aromatic N) is 3. The molecule has 108 valence electrons. The zero-order valence-electron chi connectivity index (χ0n) is 11.7. The number of morpholine rings is 1. The first-order valence-electron chi connectivity index (χ1n) is 7.05. The van der Waals surface area contributed by atoms with E-state index in [0.717, 1.165) is 25.9 Å². The minimum atomic E-state index is -0.997. The second kappa shape index (κ2) is 5.01. The molecule has 2 atom stereocenters. The first kappa shape index (κ1) is 13.3. The van der Waals surface area contributed by atoms with E-state index in [1.54, 1.807) is 6.20 Å². The number of ether oxygens (including phenoxy) is 1. The van der Waals surface area contributed by atoms with Gasteiger partial charge >= 0.3 is 5.97 Å². The molecule has 0 aromatic carbocycles. The minimum Gasteiger partial charge on any atom is -0.476 e. The molecule has 2 saturated heterocycles. The molecule has 6 nitrogen and oxygen atoms in total. The predicted octanol–water partition coefficient (Wildman–Crippen LogP) is 1.67. The first-order valence-corrected chi connectivity index (χ1v) is 7.05. The van der Waals surface area contributed by atoms with Crippen molar-refractivity contribution in [3.63, 3.8) is 0 Å². The van der Waals surface area contributed by atoms with Gasteiger partial charge in [-0.1, -0.05) is 13.8 Å². The highest BCUT2D eigenvalue weighted by molar-refractivity contribution is 5.92. The third kappa shape index (κ3) is 2.35. The SMILES string of the molecule is CC(C)c1ncc(N2CC3CCC(C2)O3)c(C(=O)O)n1. The molecule has 2 aliphatic rings. The standard InChI is InChI=1S/C14H19N3O3/c1-8(2)13-15-5-11(12(16-13)14(18)19)17-6-9-3-4-10(7-17)20-9/h5,8-10H,3-4,6-7H2,1-2H3,(H,18,19). The number of aromatic carboxylic acids is 1. The minimum absolute atomic E-state index is 0.102. The molecule has 2 bridgehead atoms. The second-order valence-corrected chi connectivity index (χ2v) is 5.78. The molecular weight excluding hydrogens is 258 g/mol. The Morgan fingerprint density at radius 3 is 2.60 bits per heavy atom. The van der Waals surface area contributed by atoms with Crippen molar-refractivity contribution in [3.05, 3.63) is 17.7 Å². The molecule has 0 radical (unpaired) electrons. The highest BCUT2D eigenvalue weighted by Gasteiger charge is 2.35. The van der Waals surface area contributed by atoms with E-state index >= 15 is 0 Å². The van der Waals surface area contributed by atoms with Gasteiger partial charge < -0.3 is 14.7 Å². The van der Waals surface area contributed by atoms with Crippen LogP contribution in [0, 0.1) is 0 Å². The molecule has 3 heterocycles. The smallest absolute Gasteiger partial charge is 0.356 e. The molecule has 20 heavy (non-hydrogen) atoms. The van der Waals surface area contributed by atoms with Crippen molar-refractivity contribution in [2.75, 3.05) is 18.0 Å². The number of carboxylic acids is 1. The van der Waals surface area contributed by atoms with Crippen molar-refractivity contribution >= 4 is 11.7 Å². The van der Waals surface area contributed by atoms with Gasteiger partial charge in [0.15, 0.2) is 5.69 Å². The van der Waals surface area contributed by atoms with Gasteiger partial charge in [0.2, 0.25) is 0 Å². The number of rotatable bonds is 3. The molecule has 6 heteroatoms. The number of anilines is 1. The quantitative estimate of drug-likeness (QED) is 0.905. The lowest BCUT2D eigenvalue weighted by Gasteiger charge is -2.34. The lowest BCUT2D eigenvalue weighted by Crippen LogP contribution is -2.43. The van der Waals surface area contributed by atoms with Gasteiger partial charge in [0, 0.05) is 19.0 Å². The highest BCUT2D eigenvalue weighted by Crippen LogP contribution is 2.31. The van der Waals surface area contributed by atoms with Gasteiger partial charge in [-0.05, 0) is 12.8 Å². The van der Waals surface area contributed by atoms with E-state index in [-0.39, 0.29) is 23.8 Å². The molecule has 1 aromatic rings. The number of hydrogen-bond acceptors (Lipinski definition) is 5. The number of fused-ring (bicyclic) bond motifs is 2. The zero-order valence-corrected chi connectivity index (χ0v) is 11.7. The molecule has 0 amide bonds. The number of aromatic nitrogens is 2. The Kier molecular flexibility index (Phi) is 3.33. The van der Waals surface area contributed by atoms with Gasteiger partial charge in [0.25, 0.3) is 0 Å². The lowest BCUT2D eigenvalue weighted by atomic mass is 10.2. The Morgan fingerprint density at radius 2 is 2.05 bits per heavy atom. The summed E-state index contributed by atoms with van der Waals surface area (Å²) < 4.78 is 5.78. The maximum absolute atomic E-state index is 11.5. The zero-order chi connectivity index (χ0) is 14.3. The van der Waals surface area contributed by atoms with Gasteiger partial charge in [-0.25, -0.2) is 14.8 Å². The Labute approximate surface area is 117 Å². The summed E-state index contributed by atoms with van der Waals surface area (Å²) in [6, 6.07) is 0. The third-order valence-electron chi connectivity index (χ3n) is 3.89. The van der Waals surface area contributed by atoms with Crippen LogP contribution in [0.15, 0.2) is 6.20 Å². The Hall–Kier alpha value is -1.69. The summed E-state index contributed by atoms with van der Waals surface area (Å²) in [7, 11) is 0. The summed E-state index contributed by atoms with van der Waals surface area (Å²) in [6.07, 6.45) is 4.17. The maximum Gasteiger partial charge on any atom is 0.356 e. The van der Waals surface area contributed by atoms with Crippen LogP contribution in [0.2, 0.25) is 0 Å². The molecule has 0 saturated carbocycles. The van der Waals surface area contributed by atoms with E-state index in [9.17, 15) is 9.90 Å². The molecular formula is C14H19N3O3. The van der Waals surface area contributed by atoms with Crippen LogP contribution in [-0.4, -0.2) is 46.3 Å². The predicted molar refractivity (Wildman–Crippen MR) is 73.2 cm³/mol. The molecule has 0 spiro atoms. The molecule has 2 fully saturated rings. The van der Waals surface area contributed by atoms with Gasteiger partial charge in [-0.2, -0.15) is 0 Å². The van der Waals surface area contributed by atoms with Crippen molar-refractivity contribution < 1.29 is 14.6 Å². The molecule has 2 unspecified atom stereocenters. The summed E-state index contributed by atoms with van der Waals surface area (Å²) in [4.78, 5) is 22.1. The lowest BCUT2D eigenvalue weighted by molar-refractivity contribution is 0.0302. The summed E-state index contributed by atoms with van der Waals surface area (Å²) in [5, 5.41) is 9.40. The molecule has 1 N–H and O–H groups in total. The topological polar surface area (TPSA) is 75.6 Å². The van der Waals surface area contributed by atoms with Crippen LogP contribution in [0.3, 0.4) is 0 Å². The molecule has 0 aliphatic carbocycles. The van der Waals surface area contributed by atoms with Crippen LogP contribution in [0.4, 0.5) is 5.69 Å². The Morgan fingerprint density at radius 1 is 1.40 bits per heavy atom. The van der Waals surface area contributed by atoms with Crippen LogP contribution in [-0.2, 0) is 4.74 Å². The van der Waals surface area contributed by atoms with E-state index in [0.29, 0.717) is 11.5 Å². The largest absolute Gasteiger partial charge is 0.476 e.